The molecule has 2 aromatic heterocycles. The fraction of sp³-hybridized carbons (Fsp3) is 0.571. The van der Waals surface area contributed by atoms with Crippen molar-refractivity contribution in [3.8, 4) is 0 Å². The molecule has 0 bridgehead atoms. The van der Waals surface area contributed by atoms with Crippen LogP contribution in [-0.2, 0) is 26.2 Å². The van der Waals surface area contributed by atoms with Crippen LogP contribution in [0.25, 0.3) is 0 Å². The zero-order chi connectivity index (χ0) is 14.8. The van der Waals surface area contributed by atoms with Gasteiger partial charge >= 0.3 is 0 Å². The number of nitrogens with zero attached hydrogens (tertiary/aromatic N) is 4. The van der Waals surface area contributed by atoms with E-state index < -0.39 is 0 Å². The molecule has 0 aliphatic carbocycles. The van der Waals surface area contributed by atoms with E-state index in [4.69, 9.17) is 17.3 Å². The topological polar surface area (TPSA) is 26.0 Å². The maximum atomic E-state index is 5.59. The molecule has 2 aromatic rings. The van der Waals surface area contributed by atoms with Crippen LogP contribution in [0.15, 0.2) is 15.9 Å². The Labute approximate surface area is 142 Å². The summed E-state index contributed by atoms with van der Waals surface area (Å²) in [6.45, 7) is 2.68. The van der Waals surface area contributed by atoms with E-state index in [0.29, 0.717) is 0 Å². The van der Waals surface area contributed by atoms with Gasteiger partial charge < -0.3 is 4.57 Å². The minimum Gasteiger partial charge on any atom is -0.304 e. The summed E-state index contributed by atoms with van der Waals surface area (Å²) < 4.78 is 6.23. The molecule has 0 aromatic carbocycles. The Morgan fingerprint density at radius 3 is 3.00 bits per heavy atom. The van der Waals surface area contributed by atoms with Crippen LogP contribution in [0.3, 0.4) is 0 Å². The lowest BCUT2D eigenvalue weighted by Crippen LogP contribution is -2.22. The molecule has 0 atom stereocenters. The van der Waals surface area contributed by atoms with Crippen LogP contribution in [0.2, 0.25) is 0 Å². The highest BCUT2D eigenvalue weighted by Gasteiger charge is 2.14. The van der Waals surface area contributed by atoms with Gasteiger partial charge in [0.05, 0.1) is 10.5 Å². The first-order chi connectivity index (χ1) is 10.1. The summed E-state index contributed by atoms with van der Waals surface area (Å²) in [6.07, 6.45) is 4.78. The molecule has 0 saturated heterocycles. The second kappa shape index (κ2) is 6.73. The summed E-state index contributed by atoms with van der Waals surface area (Å²) in [5.41, 5.74) is 0. The summed E-state index contributed by atoms with van der Waals surface area (Å²) in [5, 5.41) is 4.73. The number of aromatic nitrogens is 3. The molecule has 4 nitrogen and oxygen atoms in total. The van der Waals surface area contributed by atoms with Crippen LogP contribution >= 0.6 is 39.5 Å². The molecule has 3 heterocycles. The molecule has 1 aliphatic rings. The minimum atomic E-state index is 0.744. The largest absolute Gasteiger partial charge is 0.304 e. The summed E-state index contributed by atoms with van der Waals surface area (Å²) in [5.74, 6) is 1.16. The van der Waals surface area contributed by atoms with Crippen molar-refractivity contribution in [2.75, 3.05) is 7.05 Å². The molecule has 1 aliphatic heterocycles. The van der Waals surface area contributed by atoms with Crippen LogP contribution in [0.1, 0.15) is 30.0 Å². The third-order valence-electron chi connectivity index (χ3n) is 3.71. The molecule has 0 spiro atoms. The highest BCUT2D eigenvalue weighted by atomic mass is 79.9. The quantitative estimate of drug-likeness (QED) is 0.741. The highest BCUT2D eigenvalue weighted by molar-refractivity contribution is 9.11. The maximum Gasteiger partial charge on any atom is 0.199 e. The van der Waals surface area contributed by atoms with Gasteiger partial charge in [0.25, 0.3) is 0 Å². The average molecular weight is 387 g/mol. The standard InChI is InChI=1S/C14H19BrN4S2/c1-17(9-11-6-7-12(15)21-11)10-19-14(20)18-8-4-2-3-5-13(18)16-19/h6-7H,2-5,8-10H2,1H3. The number of halogens is 1. The highest BCUT2D eigenvalue weighted by Crippen LogP contribution is 2.23. The van der Waals surface area contributed by atoms with Gasteiger partial charge in [0.2, 0.25) is 0 Å². The van der Waals surface area contributed by atoms with Crippen molar-refractivity contribution in [2.45, 2.75) is 45.4 Å². The van der Waals surface area contributed by atoms with Crippen molar-refractivity contribution in [2.24, 2.45) is 0 Å². The van der Waals surface area contributed by atoms with Crippen molar-refractivity contribution in [3.63, 3.8) is 0 Å². The predicted molar refractivity (Wildman–Crippen MR) is 92.1 cm³/mol. The first kappa shape index (κ1) is 15.4. The van der Waals surface area contributed by atoms with Crippen molar-refractivity contribution in [3.05, 3.63) is 31.4 Å². The van der Waals surface area contributed by atoms with Crippen LogP contribution in [0.5, 0.6) is 0 Å². The van der Waals surface area contributed by atoms with Gasteiger partial charge in [0, 0.05) is 24.4 Å². The van der Waals surface area contributed by atoms with E-state index in [1.807, 2.05) is 4.68 Å². The normalized spacial score (nSPS) is 15.2. The number of rotatable bonds is 4. The number of hydrogen-bond donors (Lipinski definition) is 0. The lowest BCUT2D eigenvalue weighted by molar-refractivity contribution is 0.245. The molecule has 0 unspecified atom stereocenters. The van der Waals surface area contributed by atoms with Gasteiger partial charge in [-0.2, -0.15) is 5.10 Å². The smallest absolute Gasteiger partial charge is 0.199 e. The fourth-order valence-electron chi connectivity index (χ4n) is 2.70. The zero-order valence-corrected chi connectivity index (χ0v) is 15.3. The average Bonchev–Trinajstić information content (AvgIpc) is 2.86. The second-order valence-electron chi connectivity index (χ2n) is 5.52. The predicted octanol–water partition coefficient (Wildman–Crippen LogP) is 4.05. The Morgan fingerprint density at radius 1 is 1.38 bits per heavy atom. The van der Waals surface area contributed by atoms with E-state index in [0.717, 1.165) is 36.8 Å². The summed E-state index contributed by atoms with van der Waals surface area (Å²) in [7, 11) is 2.11. The van der Waals surface area contributed by atoms with E-state index in [9.17, 15) is 0 Å². The Morgan fingerprint density at radius 2 is 2.24 bits per heavy atom. The molecule has 0 saturated carbocycles. The molecule has 0 radical (unpaired) electrons. The van der Waals surface area contributed by atoms with Gasteiger partial charge in [0.1, 0.15) is 5.82 Å². The van der Waals surface area contributed by atoms with Gasteiger partial charge in [-0.15, -0.1) is 11.3 Å². The van der Waals surface area contributed by atoms with Gasteiger partial charge in [-0.3, -0.25) is 4.90 Å². The Kier molecular flexibility index (Phi) is 4.93. The Balaban J connectivity index is 1.71. The molecule has 0 fully saturated rings. The first-order valence-electron chi connectivity index (χ1n) is 7.23. The molecule has 0 N–H and O–H groups in total. The van der Waals surface area contributed by atoms with Gasteiger partial charge in [-0.1, -0.05) is 6.42 Å². The number of aryl methyl sites for hydroxylation is 1. The maximum absolute atomic E-state index is 5.59. The minimum absolute atomic E-state index is 0.744. The molecule has 0 amide bonds. The molecular weight excluding hydrogens is 368 g/mol. The molecule has 7 heteroatoms. The van der Waals surface area contributed by atoms with E-state index in [-0.39, 0.29) is 0 Å². The Hall–Kier alpha value is -0.500. The number of hydrogen-bond acceptors (Lipinski definition) is 4. The van der Waals surface area contributed by atoms with E-state index in [2.05, 4.69) is 44.6 Å². The summed E-state index contributed by atoms with van der Waals surface area (Å²) in [6, 6.07) is 4.26. The van der Waals surface area contributed by atoms with Crippen LogP contribution in [0.4, 0.5) is 0 Å². The zero-order valence-electron chi connectivity index (χ0n) is 12.1. The lowest BCUT2D eigenvalue weighted by atomic mass is 10.2. The number of fused-ring (bicyclic) bond motifs is 1. The number of thiophene rings is 1. The van der Waals surface area contributed by atoms with Crippen LogP contribution in [-0.4, -0.2) is 26.3 Å². The van der Waals surface area contributed by atoms with Crippen molar-refractivity contribution in [1.29, 1.82) is 0 Å². The Bertz CT molecular complexity index is 673. The van der Waals surface area contributed by atoms with Gasteiger partial charge in [-0.25, -0.2) is 4.68 Å². The molecule has 114 valence electrons. The van der Waals surface area contributed by atoms with Crippen LogP contribution in [0, 0.1) is 4.77 Å². The fourth-order valence-corrected chi connectivity index (χ4v) is 4.56. The van der Waals surface area contributed by atoms with Crippen molar-refractivity contribution >= 4 is 39.5 Å². The molecule has 3 rings (SSSR count). The van der Waals surface area contributed by atoms with Crippen LogP contribution < -0.4 is 0 Å². The second-order valence-corrected chi connectivity index (χ2v) is 8.43. The van der Waals surface area contributed by atoms with Gasteiger partial charge in [-0.05, 0) is 60.2 Å². The summed E-state index contributed by atoms with van der Waals surface area (Å²) >= 11 is 10.9. The summed E-state index contributed by atoms with van der Waals surface area (Å²) in [4.78, 5) is 3.60. The SMILES string of the molecule is CN(Cc1ccc(Br)s1)Cn1nc2n(c1=S)CCCCC2. The first-order valence-corrected chi connectivity index (χ1v) is 9.24. The molecular formula is C14H19BrN4S2. The third kappa shape index (κ3) is 3.64. The monoisotopic (exact) mass is 386 g/mol. The van der Waals surface area contributed by atoms with Crippen molar-refractivity contribution < 1.29 is 0 Å². The molecule has 21 heavy (non-hydrogen) atoms. The third-order valence-corrected chi connectivity index (χ3v) is 5.75. The van der Waals surface area contributed by atoms with Gasteiger partial charge in [0.15, 0.2) is 4.77 Å². The van der Waals surface area contributed by atoms with E-state index in [1.165, 1.54) is 27.9 Å². The lowest BCUT2D eigenvalue weighted by Gasteiger charge is -2.15. The van der Waals surface area contributed by atoms with E-state index in [1.54, 1.807) is 11.3 Å². The van der Waals surface area contributed by atoms with E-state index >= 15 is 0 Å². The van der Waals surface area contributed by atoms with Crippen molar-refractivity contribution in [1.82, 2.24) is 19.2 Å².